The summed E-state index contributed by atoms with van der Waals surface area (Å²) in [5.41, 5.74) is 2.11. The molecular weight excluding hydrogens is 466 g/mol. The van der Waals surface area contributed by atoms with E-state index < -0.39 is 5.97 Å². The number of halogens is 1. The van der Waals surface area contributed by atoms with Gasteiger partial charge in [0, 0.05) is 10.2 Å². The number of amides is 1. The second kappa shape index (κ2) is 9.26. The van der Waals surface area contributed by atoms with Crippen LogP contribution < -0.4 is 19.1 Å². The first kappa shape index (κ1) is 22.4. The van der Waals surface area contributed by atoms with Crippen LogP contribution in [0.1, 0.15) is 12.5 Å². The number of anilines is 1. The standard InChI is InChI=1S/C23H22BrNO6/c1-13-20(23(27)31-5)17(22(26)25(13)16-8-6-7-15(24)12-16)9-14-10-18(28-2)21(30-4)19(11-14)29-3/h6-12H,1-5H3. The average molecular weight is 488 g/mol. The molecule has 1 heterocycles. The van der Waals surface area contributed by atoms with E-state index in [1.807, 2.05) is 12.1 Å². The van der Waals surface area contributed by atoms with Crippen molar-refractivity contribution in [1.29, 1.82) is 0 Å². The van der Waals surface area contributed by atoms with Crippen LogP contribution in [0.5, 0.6) is 17.2 Å². The van der Waals surface area contributed by atoms with Gasteiger partial charge in [-0.25, -0.2) is 4.79 Å². The third-order valence-electron chi connectivity index (χ3n) is 4.85. The van der Waals surface area contributed by atoms with Gasteiger partial charge < -0.3 is 18.9 Å². The Morgan fingerprint density at radius 1 is 1.00 bits per heavy atom. The van der Waals surface area contributed by atoms with Crippen LogP contribution >= 0.6 is 15.9 Å². The topological polar surface area (TPSA) is 74.3 Å². The summed E-state index contributed by atoms with van der Waals surface area (Å²) >= 11 is 3.42. The van der Waals surface area contributed by atoms with E-state index in [2.05, 4.69) is 15.9 Å². The van der Waals surface area contributed by atoms with E-state index in [9.17, 15) is 9.59 Å². The highest BCUT2D eigenvalue weighted by Gasteiger charge is 2.38. The first-order valence-corrected chi connectivity index (χ1v) is 10.1. The fraction of sp³-hybridized carbons (Fsp3) is 0.217. The van der Waals surface area contributed by atoms with Crippen LogP contribution in [-0.4, -0.2) is 40.3 Å². The summed E-state index contributed by atoms with van der Waals surface area (Å²) in [7, 11) is 5.81. The van der Waals surface area contributed by atoms with Crippen molar-refractivity contribution in [2.75, 3.05) is 33.3 Å². The fourth-order valence-corrected chi connectivity index (χ4v) is 3.84. The van der Waals surface area contributed by atoms with Crippen LogP contribution in [-0.2, 0) is 14.3 Å². The molecule has 162 valence electrons. The first-order valence-electron chi connectivity index (χ1n) is 9.27. The normalized spacial score (nSPS) is 14.8. The number of methoxy groups -OCH3 is 4. The molecule has 0 fully saturated rings. The molecule has 1 aliphatic heterocycles. The van der Waals surface area contributed by atoms with Crippen LogP contribution in [0.4, 0.5) is 5.69 Å². The molecule has 3 rings (SSSR count). The maximum Gasteiger partial charge on any atom is 0.340 e. The SMILES string of the molecule is COC(=O)C1=C(C)N(c2cccc(Br)c2)C(=O)C1=Cc1cc(OC)c(OC)c(OC)c1. The Morgan fingerprint density at radius 3 is 2.16 bits per heavy atom. The molecule has 0 bridgehead atoms. The van der Waals surface area contributed by atoms with Gasteiger partial charge in [0.2, 0.25) is 5.75 Å². The van der Waals surface area contributed by atoms with Crippen molar-refractivity contribution in [3.05, 3.63) is 63.3 Å². The summed E-state index contributed by atoms with van der Waals surface area (Å²) in [5.74, 6) is 0.360. The van der Waals surface area contributed by atoms with E-state index in [0.29, 0.717) is 34.2 Å². The lowest BCUT2D eigenvalue weighted by molar-refractivity contribution is -0.136. The summed E-state index contributed by atoms with van der Waals surface area (Å²) in [4.78, 5) is 27.5. The number of carbonyl (C=O) groups is 2. The van der Waals surface area contributed by atoms with Crippen molar-refractivity contribution in [2.45, 2.75) is 6.92 Å². The Morgan fingerprint density at radius 2 is 1.65 bits per heavy atom. The van der Waals surface area contributed by atoms with Crippen molar-refractivity contribution >= 4 is 39.6 Å². The second-order valence-electron chi connectivity index (χ2n) is 6.59. The summed E-state index contributed by atoms with van der Waals surface area (Å²) in [6.07, 6.45) is 1.61. The van der Waals surface area contributed by atoms with E-state index in [1.54, 1.807) is 37.3 Å². The Bertz CT molecular complexity index is 1080. The number of esters is 1. The second-order valence-corrected chi connectivity index (χ2v) is 7.50. The Balaban J connectivity index is 2.19. The number of benzene rings is 2. The zero-order valence-electron chi connectivity index (χ0n) is 17.8. The third-order valence-corrected chi connectivity index (χ3v) is 5.35. The minimum absolute atomic E-state index is 0.196. The molecule has 0 N–H and O–H groups in total. The first-order chi connectivity index (χ1) is 14.9. The molecule has 0 aromatic heterocycles. The Labute approximate surface area is 189 Å². The van der Waals surface area contributed by atoms with Gasteiger partial charge in [-0.3, -0.25) is 9.69 Å². The summed E-state index contributed by atoms with van der Waals surface area (Å²) in [6.45, 7) is 1.71. The van der Waals surface area contributed by atoms with Crippen LogP contribution in [0.25, 0.3) is 6.08 Å². The molecule has 0 unspecified atom stereocenters. The number of allylic oxidation sites excluding steroid dienone is 1. The molecule has 7 nitrogen and oxygen atoms in total. The Hall–Kier alpha value is -3.26. The molecule has 0 aliphatic carbocycles. The number of ether oxygens (including phenoxy) is 4. The zero-order chi connectivity index (χ0) is 22.7. The molecule has 0 saturated carbocycles. The molecule has 0 radical (unpaired) electrons. The van der Waals surface area contributed by atoms with Crippen LogP contribution in [0.15, 0.2) is 57.7 Å². The largest absolute Gasteiger partial charge is 0.493 e. The molecule has 31 heavy (non-hydrogen) atoms. The van der Waals surface area contributed by atoms with Crippen LogP contribution in [0.3, 0.4) is 0 Å². The van der Waals surface area contributed by atoms with Gasteiger partial charge in [-0.15, -0.1) is 0 Å². The number of hydrogen-bond donors (Lipinski definition) is 0. The van der Waals surface area contributed by atoms with Gasteiger partial charge in [0.1, 0.15) is 0 Å². The highest BCUT2D eigenvalue weighted by atomic mass is 79.9. The zero-order valence-corrected chi connectivity index (χ0v) is 19.4. The van der Waals surface area contributed by atoms with E-state index >= 15 is 0 Å². The van der Waals surface area contributed by atoms with Crippen molar-refractivity contribution in [1.82, 2.24) is 0 Å². The molecule has 2 aromatic rings. The molecule has 8 heteroatoms. The number of carbonyl (C=O) groups excluding carboxylic acids is 2. The number of nitrogens with zero attached hydrogens (tertiary/aromatic N) is 1. The molecule has 0 spiro atoms. The quantitative estimate of drug-likeness (QED) is 0.445. The maximum absolute atomic E-state index is 13.4. The van der Waals surface area contributed by atoms with Crippen molar-refractivity contribution < 1.29 is 28.5 Å². The highest BCUT2D eigenvalue weighted by molar-refractivity contribution is 9.10. The summed E-state index contributed by atoms with van der Waals surface area (Å²) in [5, 5.41) is 0. The van der Waals surface area contributed by atoms with E-state index in [1.165, 1.54) is 33.3 Å². The predicted molar refractivity (Wildman–Crippen MR) is 120 cm³/mol. The molecule has 1 amide bonds. The predicted octanol–water partition coefficient (Wildman–Crippen LogP) is 4.35. The highest BCUT2D eigenvalue weighted by Crippen LogP contribution is 2.41. The number of rotatable bonds is 6. The molecule has 1 aliphatic rings. The lowest BCUT2D eigenvalue weighted by Crippen LogP contribution is -2.24. The minimum atomic E-state index is -0.595. The van der Waals surface area contributed by atoms with Crippen LogP contribution in [0.2, 0.25) is 0 Å². The molecular formula is C23H22BrNO6. The smallest absolute Gasteiger partial charge is 0.340 e. The van der Waals surface area contributed by atoms with Gasteiger partial charge in [-0.2, -0.15) is 0 Å². The molecule has 2 aromatic carbocycles. The van der Waals surface area contributed by atoms with Crippen LogP contribution in [0, 0.1) is 0 Å². The van der Waals surface area contributed by atoms with Gasteiger partial charge in [0.15, 0.2) is 11.5 Å². The van der Waals surface area contributed by atoms with Gasteiger partial charge in [-0.05, 0) is 48.9 Å². The van der Waals surface area contributed by atoms with E-state index in [4.69, 9.17) is 18.9 Å². The summed E-state index contributed by atoms with van der Waals surface area (Å²) in [6, 6.07) is 10.7. The van der Waals surface area contributed by atoms with Gasteiger partial charge in [0.25, 0.3) is 5.91 Å². The Kier molecular flexibility index (Phi) is 6.70. The molecule has 0 atom stereocenters. The monoisotopic (exact) mass is 487 g/mol. The number of hydrogen-bond acceptors (Lipinski definition) is 6. The van der Waals surface area contributed by atoms with E-state index in [0.717, 1.165) is 4.47 Å². The third kappa shape index (κ3) is 4.16. The maximum atomic E-state index is 13.4. The van der Waals surface area contributed by atoms with Crippen molar-refractivity contribution in [3.8, 4) is 17.2 Å². The molecule has 0 saturated heterocycles. The average Bonchev–Trinajstić information content (AvgIpc) is 3.01. The lowest BCUT2D eigenvalue weighted by Gasteiger charge is -2.18. The lowest BCUT2D eigenvalue weighted by atomic mass is 10.0. The summed E-state index contributed by atoms with van der Waals surface area (Å²) < 4.78 is 21.9. The fourth-order valence-electron chi connectivity index (χ4n) is 3.46. The minimum Gasteiger partial charge on any atom is -0.493 e. The van der Waals surface area contributed by atoms with E-state index in [-0.39, 0.29) is 17.1 Å². The van der Waals surface area contributed by atoms with Gasteiger partial charge in [0.05, 0.1) is 45.3 Å². The van der Waals surface area contributed by atoms with Crippen molar-refractivity contribution in [2.24, 2.45) is 0 Å². The van der Waals surface area contributed by atoms with Gasteiger partial charge in [-0.1, -0.05) is 22.0 Å². The van der Waals surface area contributed by atoms with Gasteiger partial charge >= 0.3 is 5.97 Å². The van der Waals surface area contributed by atoms with Crippen molar-refractivity contribution in [3.63, 3.8) is 0 Å².